The third-order valence-corrected chi connectivity index (χ3v) is 2.77. The predicted molar refractivity (Wildman–Crippen MR) is 63.8 cm³/mol. The molecule has 0 bridgehead atoms. The SMILES string of the molecule is O=C(O)/C=C/c1ccc(OC2CCCC2)nc1. The van der Waals surface area contributed by atoms with Crippen LogP contribution in [0.3, 0.4) is 0 Å². The van der Waals surface area contributed by atoms with Crippen molar-refractivity contribution in [1.82, 2.24) is 4.98 Å². The molecule has 0 amide bonds. The van der Waals surface area contributed by atoms with Crippen LogP contribution in [0.2, 0.25) is 0 Å². The lowest BCUT2D eigenvalue weighted by molar-refractivity contribution is -0.131. The maximum absolute atomic E-state index is 10.3. The fraction of sp³-hybridized carbons (Fsp3) is 0.385. The summed E-state index contributed by atoms with van der Waals surface area (Å²) < 4.78 is 5.70. The minimum atomic E-state index is -0.962. The van der Waals surface area contributed by atoms with E-state index >= 15 is 0 Å². The molecule has 1 aliphatic carbocycles. The van der Waals surface area contributed by atoms with Gasteiger partial charge in [-0.1, -0.05) is 0 Å². The monoisotopic (exact) mass is 233 g/mol. The van der Waals surface area contributed by atoms with Crippen LogP contribution in [0.15, 0.2) is 24.4 Å². The first-order valence-corrected chi connectivity index (χ1v) is 5.78. The Balaban J connectivity index is 1.95. The number of carbonyl (C=O) groups is 1. The second-order valence-corrected chi connectivity index (χ2v) is 4.13. The number of aromatic nitrogens is 1. The van der Waals surface area contributed by atoms with Gasteiger partial charge in [0.15, 0.2) is 0 Å². The summed E-state index contributed by atoms with van der Waals surface area (Å²) in [5.74, 6) is -0.347. The van der Waals surface area contributed by atoms with Gasteiger partial charge in [0.05, 0.1) is 0 Å². The first-order valence-electron chi connectivity index (χ1n) is 5.78. The molecule has 0 aromatic carbocycles. The van der Waals surface area contributed by atoms with Crippen LogP contribution in [-0.4, -0.2) is 22.2 Å². The highest BCUT2D eigenvalue weighted by Crippen LogP contribution is 2.22. The number of ether oxygens (including phenoxy) is 1. The number of hydrogen-bond acceptors (Lipinski definition) is 3. The molecule has 4 heteroatoms. The summed E-state index contributed by atoms with van der Waals surface area (Å²) in [5, 5.41) is 8.49. The molecule has 1 heterocycles. The average molecular weight is 233 g/mol. The van der Waals surface area contributed by atoms with Crippen molar-refractivity contribution in [2.75, 3.05) is 0 Å². The largest absolute Gasteiger partial charge is 0.478 e. The molecule has 4 nitrogen and oxygen atoms in total. The van der Waals surface area contributed by atoms with E-state index in [1.165, 1.54) is 18.9 Å². The zero-order valence-electron chi connectivity index (χ0n) is 9.50. The summed E-state index contributed by atoms with van der Waals surface area (Å²) in [4.78, 5) is 14.5. The third-order valence-electron chi connectivity index (χ3n) is 2.77. The van der Waals surface area contributed by atoms with Crippen molar-refractivity contribution in [2.45, 2.75) is 31.8 Å². The molecule has 90 valence electrons. The molecular weight excluding hydrogens is 218 g/mol. The van der Waals surface area contributed by atoms with E-state index < -0.39 is 5.97 Å². The van der Waals surface area contributed by atoms with Crippen molar-refractivity contribution in [2.24, 2.45) is 0 Å². The standard InChI is InChI=1S/C13H15NO3/c15-13(16)8-6-10-5-7-12(14-9-10)17-11-3-1-2-4-11/h5-9,11H,1-4H2,(H,15,16)/b8-6+. The van der Waals surface area contributed by atoms with Crippen LogP contribution in [0, 0.1) is 0 Å². The van der Waals surface area contributed by atoms with Gasteiger partial charge in [0, 0.05) is 18.3 Å². The van der Waals surface area contributed by atoms with Gasteiger partial charge in [0.1, 0.15) is 6.10 Å². The molecule has 1 fully saturated rings. The van der Waals surface area contributed by atoms with Crippen LogP contribution in [0.25, 0.3) is 6.08 Å². The topological polar surface area (TPSA) is 59.4 Å². The van der Waals surface area contributed by atoms with Gasteiger partial charge < -0.3 is 9.84 Å². The van der Waals surface area contributed by atoms with Gasteiger partial charge in [-0.3, -0.25) is 0 Å². The number of aliphatic carboxylic acids is 1. The van der Waals surface area contributed by atoms with Crippen molar-refractivity contribution in [3.05, 3.63) is 30.0 Å². The molecule has 1 N–H and O–H groups in total. The Kier molecular flexibility index (Phi) is 3.75. The third kappa shape index (κ3) is 3.59. The second kappa shape index (κ2) is 5.48. The molecule has 17 heavy (non-hydrogen) atoms. The molecule has 0 atom stereocenters. The van der Waals surface area contributed by atoms with Crippen molar-refractivity contribution >= 4 is 12.0 Å². The highest BCUT2D eigenvalue weighted by molar-refractivity contribution is 5.85. The van der Waals surface area contributed by atoms with E-state index in [0.29, 0.717) is 12.0 Å². The number of nitrogens with zero attached hydrogens (tertiary/aromatic N) is 1. The van der Waals surface area contributed by atoms with E-state index in [1.54, 1.807) is 18.3 Å². The van der Waals surface area contributed by atoms with Gasteiger partial charge in [0.25, 0.3) is 0 Å². The fourth-order valence-electron chi connectivity index (χ4n) is 1.90. The molecule has 0 aliphatic heterocycles. The quantitative estimate of drug-likeness (QED) is 0.812. The van der Waals surface area contributed by atoms with Crippen LogP contribution >= 0.6 is 0 Å². The molecule has 0 unspecified atom stereocenters. The number of carboxylic acid groups (broad SMARTS) is 1. The van der Waals surface area contributed by atoms with Crippen molar-refractivity contribution in [3.8, 4) is 5.88 Å². The van der Waals surface area contributed by atoms with Gasteiger partial charge in [-0.15, -0.1) is 0 Å². The summed E-state index contributed by atoms with van der Waals surface area (Å²) in [7, 11) is 0. The zero-order chi connectivity index (χ0) is 12.1. The fourth-order valence-corrected chi connectivity index (χ4v) is 1.90. The second-order valence-electron chi connectivity index (χ2n) is 4.13. The highest BCUT2D eigenvalue weighted by atomic mass is 16.5. The lowest BCUT2D eigenvalue weighted by Gasteiger charge is -2.11. The molecule has 2 rings (SSSR count). The van der Waals surface area contributed by atoms with Crippen LogP contribution in [0.1, 0.15) is 31.2 Å². The molecule has 1 aromatic rings. The van der Waals surface area contributed by atoms with Crippen molar-refractivity contribution in [3.63, 3.8) is 0 Å². The van der Waals surface area contributed by atoms with E-state index in [1.807, 2.05) is 0 Å². The van der Waals surface area contributed by atoms with Crippen LogP contribution in [0.5, 0.6) is 5.88 Å². The van der Waals surface area contributed by atoms with Crippen LogP contribution in [0.4, 0.5) is 0 Å². The summed E-state index contributed by atoms with van der Waals surface area (Å²) in [6.45, 7) is 0. The smallest absolute Gasteiger partial charge is 0.328 e. The van der Waals surface area contributed by atoms with Gasteiger partial charge in [-0.25, -0.2) is 9.78 Å². The first-order chi connectivity index (χ1) is 8.24. The van der Waals surface area contributed by atoms with Crippen molar-refractivity contribution < 1.29 is 14.6 Å². The minimum Gasteiger partial charge on any atom is -0.478 e. The van der Waals surface area contributed by atoms with Gasteiger partial charge in [-0.05, 0) is 43.4 Å². The average Bonchev–Trinajstić information content (AvgIpc) is 2.81. The lowest BCUT2D eigenvalue weighted by Crippen LogP contribution is -2.11. The molecule has 1 aliphatic rings. The van der Waals surface area contributed by atoms with Crippen molar-refractivity contribution in [1.29, 1.82) is 0 Å². The molecule has 0 saturated heterocycles. The number of carboxylic acids is 1. The van der Waals surface area contributed by atoms with E-state index in [9.17, 15) is 4.79 Å². The van der Waals surface area contributed by atoms with E-state index in [-0.39, 0.29) is 0 Å². The Bertz CT molecular complexity index is 405. The molecule has 1 saturated carbocycles. The Morgan fingerprint density at radius 3 is 2.76 bits per heavy atom. The Morgan fingerprint density at radius 1 is 1.41 bits per heavy atom. The maximum Gasteiger partial charge on any atom is 0.328 e. The van der Waals surface area contributed by atoms with Gasteiger partial charge in [0.2, 0.25) is 5.88 Å². The lowest BCUT2D eigenvalue weighted by atomic mass is 10.2. The number of hydrogen-bond donors (Lipinski definition) is 1. The summed E-state index contributed by atoms with van der Waals surface area (Å²) in [6, 6.07) is 3.58. The van der Waals surface area contributed by atoms with E-state index in [0.717, 1.165) is 24.5 Å². The summed E-state index contributed by atoms with van der Waals surface area (Å²) in [6.07, 6.45) is 9.16. The molecule has 0 radical (unpaired) electrons. The van der Waals surface area contributed by atoms with Crippen LogP contribution < -0.4 is 4.74 Å². The van der Waals surface area contributed by atoms with E-state index in [2.05, 4.69) is 4.98 Å². The van der Waals surface area contributed by atoms with Gasteiger partial charge >= 0.3 is 5.97 Å². The Labute approximate surface area is 99.9 Å². The van der Waals surface area contributed by atoms with E-state index in [4.69, 9.17) is 9.84 Å². The zero-order valence-corrected chi connectivity index (χ0v) is 9.50. The highest BCUT2D eigenvalue weighted by Gasteiger charge is 2.16. The molecule has 1 aromatic heterocycles. The summed E-state index contributed by atoms with van der Waals surface area (Å²) >= 11 is 0. The normalized spacial score (nSPS) is 16.5. The predicted octanol–water partition coefficient (Wildman–Crippen LogP) is 2.50. The molecular formula is C13H15NO3. The minimum absolute atomic E-state index is 0.294. The number of rotatable bonds is 4. The summed E-state index contributed by atoms with van der Waals surface area (Å²) in [5.41, 5.74) is 0.756. The Hall–Kier alpha value is -1.84. The Morgan fingerprint density at radius 2 is 2.18 bits per heavy atom. The maximum atomic E-state index is 10.3. The molecule has 0 spiro atoms. The van der Waals surface area contributed by atoms with Crippen LogP contribution in [-0.2, 0) is 4.79 Å². The van der Waals surface area contributed by atoms with Gasteiger partial charge in [-0.2, -0.15) is 0 Å². The number of pyridine rings is 1. The first kappa shape index (κ1) is 11.6.